The van der Waals surface area contributed by atoms with Gasteiger partial charge in [0.1, 0.15) is 0 Å². The smallest absolute Gasteiger partial charge is 0.265 e. The molecule has 0 unspecified atom stereocenters. The number of rotatable bonds is 2. The standard InChI is InChI=1S/C14H11BrN2OS/c15-12-5-10(16)7-17(14(12)18)6-9-8-19-13-4-2-1-3-11(9)13/h1-5,7-8H,6,16H2. The number of thiophene rings is 1. The summed E-state index contributed by atoms with van der Waals surface area (Å²) < 4.78 is 3.36. The number of fused-ring (bicyclic) bond motifs is 1. The van der Waals surface area contributed by atoms with E-state index in [4.69, 9.17) is 5.73 Å². The Morgan fingerprint density at radius 1 is 1.32 bits per heavy atom. The van der Waals surface area contributed by atoms with E-state index in [-0.39, 0.29) is 5.56 Å². The third-order valence-electron chi connectivity index (χ3n) is 2.97. The molecule has 19 heavy (non-hydrogen) atoms. The third-order valence-corrected chi connectivity index (χ3v) is 4.55. The highest BCUT2D eigenvalue weighted by Crippen LogP contribution is 2.26. The normalized spacial score (nSPS) is 11.0. The van der Waals surface area contributed by atoms with E-state index in [1.165, 1.54) is 10.1 Å². The van der Waals surface area contributed by atoms with Crippen molar-refractivity contribution in [1.82, 2.24) is 4.57 Å². The van der Waals surface area contributed by atoms with E-state index in [9.17, 15) is 4.79 Å². The van der Waals surface area contributed by atoms with Crippen molar-refractivity contribution in [2.24, 2.45) is 0 Å². The average molecular weight is 335 g/mol. The average Bonchev–Trinajstić information content (AvgIpc) is 2.79. The van der Waals surface area contributed by atoms with Gasteiger partial charge in [0.2, 0.25) is 0 Å². The molecule has 0 aliphatic carbocycles. The molecule has 5 heteroatoms. The molecule has 3 rings (SSSR count). The molecule has 0 spiro atoms. The lowest BCUT2D eigenvalue weighted by Crippen LogP contribution is -2.21. The highest BCUT2D eigenvalue weighted by atomic mass is 79.9. The Bertz CT molecular complexity index is 807. The molecule has 96 valence electrons. The number of nitrogen functional groups attached to an aromatic ring is 1. The van der Waals surface area contributed by atoms with Crippen LogP contribution < -0.4 is 11.3 Å². The van der Waals surface area contributed by atoms with E-state index in [2.05, 4.69) is 33.4 Å². The van der Waals surface area contributed by atoms with Gasteiger partial charge in [0.15, 0.2) is 0 Å². The van der Waals surface area contributed by atoms with Gasteiger partial charge in [-0.2, -0.15) is 0 Å². The van der Waals surface area contributed by atoms with E-state index in [1.54, 1.807) is 28.2 Å². The number of aromatic nitrogens is 1. The summed E-state index contributed by atoms with van der Waals surface area (Å²) in [5, 5.41) is 3.28. The Labute approximate surface area is 122 Å². The van der Waals surface area contributed by atoms with E-state index in [1.807, 2.05) is 12.1 Å². The number of anilines is 1. The largest absolute Gasteiger partial charge is 0.398 e. The van der Waals surface area contributed by atoms with Gasteiger partial charge in [-0.3, -0.25) is 4.79 Å². The van der Waals surface area contributed by atoms with Crippen LogP contribution in [0.2, 0.25) is 0 Å². The predicted octanol–water partition coefficient (Wildman–Crippen LogP) is 3.46. The van der Waals surface area contributed by atoms with Gasteiger partial charge >= 0.3 is 0 Å². The first-order valence-electron chi connectivity index (χ1n) is 5.76. The second kappa shape index (κ2) is 4.83. The van der Waals surface area contributed by atoms with E-state index in [0.717, 1.165) is 5.56 Å². The van der Waals surface area contributed by atoms with Crippen LogP contribution in [0.1, 0.15) is 5.56 Å². The summed E-state index contributed by atoms with van der Waals surface area (Å²) in [6.07, 6.45) is 1.68. The lowest BCUT2D eigenvalue weighted by molar-refractivity contribution is 0.763. The summed E-state index contributed by atoms with van der Waals surface area (Å²) in [5.74, 6) is 0. The van der Waals surface area contributed by atoms with Crippen molar-refractivity contribution in [3.8, 4) is 0 Å². The second-order valence-corrected chi connectivity index (χ2v) is 6.08. The Morgan fingerprint density at radius 2 is 2.11 bits per heavy atom. The van der Waals surface area contributed by atoms with E-state index < -0.39 is 0 Å². The molecule has 0 aliphatic heterocycles. The monoisotopic (exact) mass is 334 g/mol. The molecular weight excluding hydrogens is 324 g/mol. The highest BCUT2D eigenvalue weighted by molar-refractivity contribution is 9.10. The van der Waals surface area contributed by atoms with Gasteiger partial charge in [-0.15, -0.1) is 11.3 Å². The molecule has 0 atom stereocenters. The minimum Gasteiger partial charge on any atom is -0.398 e. The minimum absolute atomic E-state index is 0.0653. The lowest BCUT2D eigenvalue weighted by Gasteiger charge is -2.07. The first-order chi connectivity index (χ1) is 9.15. The molecule has 0 fully saturated rings. The number of benzene rings is 1. The van der Waals surface area contributed by atoms with Crippen molar-refractivity contribution in [3.05, 3.63) is 62.3 Å². The predicted molar refractivity (Wildman–Crippen MR) is 83.7 cm³/mol. The summed E-state index contributed by atoms with van der Waals surface area (Å²) in [7, 11) is 0. The molecule has 3 nitrogen and oxygen atoms in total. The summed E-state index contributed by atoms with van der Waals surface area (Å²) in [4.78, 5) is 12.0. The topological polar surface area (TPSA) is 48.0 Å². The van der Waals surface area contributed by atoms with Crippen molar-refractivity contribution in [2.75, 3.05) is 5.73 Å². The van der Waals surface area contributed by atoms with Gasteiger partial charge in [-0.1, -0.05) is 18.2 Å². The van der Waals surface area contributed by atoms with Crippen LogP contribution in [0.15, 0.2) is 51.2 Å². The molecule has 2 heterocycles. The fraction of sp³-hybridized carbons (Fsp3) is 0.0714. The molecule has 1 aromatic carbocycles. The molecule has 3 aromatic rings. The van der Waals surface area contributed by atoms with E-state index >= 15 is 0 Å². The van der Waals surface area contributed by atoms with Crippen molar-refractivity contribution in [2.45, 2.75) is 6.54 Å². The first kappa shape index (κ1) is 12.4. The number of pyridine rings is 1. The first-order valence-corrected chi connectivity index (χ1v) is 7.43. The van der Waals surface area contributed by atoms with Crippen LogP contribution in [-0.4, -0.2) is 4.57 Å². The number of halogens is 1. The number of hydrogen-bond donors (Lipinski definition) is 1. The summed E-state index contributed by atoms with van der Waals surface area (Å²) in [5.41, 5.74) is 7.43. The Morgan fingerprint density at radius 3 is 2.95 bits per heavy atom. The van der Waals surface area contributed by atoms with Crippen LogP contribution in [0.3, 0.4) is 0 Å². The molecule has 2 N–H and O–H groups in total. The lowest BCUT2D eigenvalue weighted by atomic mass is 10.2. The maximum Gasteiger partial charge on any atom is 0.265 e. The number of nitrogens with zero attached hydrogens (tertiary/aromatic N) is 1. The third kappa shape index (κ3) is 2.31. The summed E-state index contributed by atoms with van der Waals surface area (Å²) in [6.45, 7) is 0.534. The zero-order valence-corrected chi connectivity index (χ0v) is 12.4. The Balaban J connectivity index is 2.09. The zero-order chi connectivity index (χ0) is 13.4. The van der Waals surface area contributed by atoms with Crippen LogP contribution in [0, 0.1) is 0 Å². The summed E-state index contributed by atoms with van der Waals surface area (Å²) in [6, 6.07) is 9.82. The molecule has 2 aromatic heterocycles. The maximum absolute atomic E-state index is 12.0. The Hall–Kier alpha value is -1.59. The van der Waals surface area contributed by atoms with Crippen LogP contribution in [0.25, 0.3) is 10.1 Å². The van der Waals surface area contributed by atoms with Crippen molar-refractivity contribution in [1.29, 1.82) is 0 Å². The molecular formula is C14H11BrN2OS. The van der Waals surface area contributed by atoms with Gasteiger partial charge in [0.25, 0.3) is 5.56 Å². The molecule has 0 saturated heterocycles. The van der Waals surface area contributed by atoms with Crippen LogP contribution in [-0.2, 0) is 6.54 Å². The van der Waals surface area contributed by atoms with Crippen LogP contribution in [0.5, 0.6) is 0 Å². The van der Waals surface area contributed by atoms with Crippen LogP contribution >= 0.6 is 27.3 Å². The molecule has 0 saturated carbocycles. The molecule has 0 radical (unpaired) electrons. The van der Waals surface area contributed by atoms with Crippen molar-refractivity contribution >= 4 is 43.0 Å². The maximum atomic E-state index is 12.0. The minimum atomic E-state index is -0.0653. The highest BCUT2D eigenvalue weighted by Gasteiger charge is 2.07. The van der Waals surface area contributed by atoms with Gasteiger partial charge in [0.05, 0.1) is 11.0 Å². The quantitative estimate of drug-likeness (QED) is 0.780. The molecule has 0 bridgehead atoms. The second-order valence-electron chi connectivity index (χ2n) is 4.31. The Kier molecular flexibility index (Phi) is 3.16. The SMILES string of the molecule is Nc1cc(Br)c(=O)n(Cc2csc3ccccc23)c1. The van der Waals surface area contributed by atoms with Crippen molar-refractivity contribution < 1.29 is 0 Å². The fourth-order valence-corrected chi connectivity index (χ4v) is 3.52. The van der Waals surface area contributed by atoms with Gasteiger partial charge in [0, 0.05) is 16.6 Å². The van der Waals surface area contributed by atoms with Gasteiger partial charge in [-0.05, 0) is 44.4 Å². The zero-order valence-electron chi connectivity index (χ0n) is 9.97. The van der Waals surface area contributed by atoms with Gasteiger partial charge in [-0.25, -0.2) is 0 Å². The number of nitrogens with two attached hydrogens (primary N) is 1. The molecule has 0 amide bonds. The molecule has 0 aliphatic rings. The fourth-order valence-electron chi connectivity index (χ4n) is 2.08. The van der Waals surface area contributed by atoms with Gasteiger partial charge < -0.3 is 10.3 Å². The number of hydrogen-bond acceptors (Lipinski definition) is 3. The van der Waals surface area contributed by atoms with E-state index in [0.29, 0.717) is 16.7 Å². The summed E-state index contributed by atoms with van der Waals surface area (Å²) >= 11 is 4.93. The van der Waals surface area contributed by atoms with Crippen LogP contribution in [0.4, 0.5) is 5.69 Å². The van der Waals surface area contributed by atoms with Crippen molar-refractivity contribution in [3.63, 3.8) is 0 Å².